The largest absolute Gasteiger partial charge is 0.464 e. The fourth-order valence-electron chi connectivity index (χ4n) is 2.61. The maximum absolute atomic E-state index is 11.7. The van der Waals surface area contributed by atoms with Crippen LogP contribution in [0.5, 0.6) is 0 Å². The molecule has 0 radical (unpaired) electrons. The molecule has 1 unspecified atom stereocenters. The van der Waals surface area contributed by atoms with Crippen LogP contribution < -0.4 is 5.32 Å². The highest BCUT2D eigenvalue weighted by Gasteiger charge is 2.25. The molecule has 0 aliphatic carbocycles. The lowest BCUT2D eigenvalue weighted by Crippen LogP contribution is -2.28. The summed E-state index contributed by atoms with van der Waals surface area (Å²) in [7, 11) is 0. The first-order valence-corrected chi connectivity index (χ1v) is 6.88. The van der Waals surface area contributed by atoms with E-state index in [1.165, 1.54) is 0 Å². The molecule has 1 aliphatic rings. The summed E-state index contributed by atoms with van der Waals surface area (Å²) in [6.45, 7) is 3.98. The van der Waals surface area contributed by atoms with E-state index in [4.69, 9.17) is 4.74 Å². The van der Waals surface area contributed by atoms with Gasteiger partial charge in [-0.3, -0.25) is 0 Å². The molecule has 4 heteroatoms. The molecule has 1 aromatic rings. The molecule has 0 amide bonds. The van der Waals surface area contributed by atoms with Crippen LogP contribution in [0.1, 0.15) is 42.9 Å². The second-order valence-electron chi connectivity index (χ2n) is 4.81. The summed E-state index contributed by atoms with van der Waals surface area (Å²) in [5.74, 6) is -0.162. The number of piperidine rings is 1. The third kappa shape index (κ3) is 3.33. The fraction of sp³-hybridized carbons (Fsp3) is 0.533. The summed E-state index contributed by atoms with van der Waals surface area (Å²) in [4.78, 5) is 11.7. The van der Waals surface area contributed by atoms with Crippen LogP contribution in [0.4, 0.5) is 0 Å². The van der Waals surface area contributed by atoms with Crippen molar-refractivity contribution in [3.05, 3.63) is 35.4 Å². The first-order valence-electron chi connectivity index (χ1n) is 6.88. The van der Waals surface area contributed by atoms with E-state index in [-0.39, 0.29) is 6.61 Å². The Morgan fingerprint density at radius 3 is 2.79 bits per heavy atom. The molecular formula is C15H21NO3. The van der Waals surface area contributed by atoms with Crippen LogP contribution in [0.15, 0.2) is 24.3 Å². The minimum atomic E-state index is -1.17. The van der Waals surface area contributed by atoms with Gasteiger partial charge in [0, 0.05) is 0 Å². The van der Waals surface area contributed by atoms with Gasteiger partial charge in [0.15, 0.2) is 6.10 Å². The van der Waals surface area contributed by atoms with Crippen molar-refractivity contribution >= 4 is 5.97 Å². The molecule has 0 bridgehead atoms. The topological polar surface area (TPSA) is 58.6 Å². The minimum absolute atomic E-state index is 0.283. The Hall–Kier alpha value is -1.39. The highest BCUT2D eigenvalue weighted by Crippen LogP contribution is 2.31. The van der Waals surface area contributed by atoms with Crippen molar-refractivity contribution in [1.82, 2.24) is 5.32 Å². The fourth-order valence-corrected chi connectivity index (χ4v) is 2.61. The molecule has 19 heavy (non-hydrogen) atoms. The lowest BCUT2D eigenvalue weighted by molar-refractivity contribution is -0.153. The number of aliphatic hydroxyl groups is 1. The Kier molecular flexibility index (Phi) is 4.93. The Morgan fingerprint density at radius 1 is 1.42 bits per heavy atom. The number of aliphatic hydroxyl groups excluding tert-OH is 1. The first-order chi connectivity index (χ1) is 9.24. The number of rotatable bonds is 4. The Labute approximate surface area is 113 Å². The zero-order chi connectivity index (χ0) is 13.7. The maximum Gasteiger partial charge on any atom is 0.339 e. The van der Waals surface area contributed by atoms with Crippen LogP contribution in [-0.4, -0.2) is 30.8 Å². The Bertz CT molecular complexity index is 427. The van der Waals surface area contributed by atoms with E-state index in [0.29, 0.717) is 11.5 Å². The van der Waals surface area contributed by atoms with Crippen LogP contribution in [0, 0.1) is 0 Å². The minimum Gasteiger partial charge on any atom is -0.464 e. The van der Waals surface area contributed by atoms with Crippen LogP contribution >= 0.6 is 0 Å². The van der Waals surface area contributed by atoms with E-state index in [9.17, 15) is 9.90 Å². The van der Waals surface area contributed by atoms with Crippen molar-refractivity contribution in [1.29, 1.82) is 0 Å². The zero-order valence-electron chi connectivity index (χ0n) is 11.3. The molecular weight excluding hydrogens is 242 g/mol. The van der Waals surface area contributed by atoms with Crippen molar-refractivity contribution in [2.45, 2.75) is 31.8 Å². The van der Waals surface area contributed by atoms with Gasteiger partial charge in [0.25, 0.3) is 0 Å². The second-order valence-corrected chi connectivity index (χ2v) is 4.81. The van der Waals surface area contributed by atoms with E-state index in [1.54, 1.807) is 6.92 Å². The molecule has 1 saturated heterocycles. The first kappa shape index (κ1) is 14.0. The van der Waals surface area contributed by atoms with E-state index in [2.05, 4.69) is 5.32 Å². The predicted octanol–water partition coefficient (Wildman–Crippen LogP) is 1.75. The average molecular weight is 263 g/mol. The van der Waals surface area contributed by atoms with Crippen molar-refractivity contribution in [2.75, 3.05) is 19.7 Å². The Morgan fingerprint density at radius 2 is 2.11 bits per heavy atom. The van der Waals surface area contributed by atoms with Gasteiger partial charge in [0.1, 0.15) is 0 Å². The average Bonchev–Trinajstić information content (AvgIpc) is 2.47. The van der Waals surface area contributed by atoms with Gasteiger partial charge in [-0.2, -0.15) is 0 Å². The van der Waals surface area contributed by atoms with E-state index >= 15 is 0 Å². The molecule has 2 rings (SSSR count). The maximum atomic E-state index is 11.7. The van der Waals surface area contributed by atoms with Crippen molar-refractivity contribution in [3.63, 3.8) is 0 Å². The predicted molar refractivity (Wildman–Crippen MR) is 72.9 cm³/mol. The van der Waals surface area contributed by atoms with Crippen LogP contribution in [-0.2, 0) is 9.53 Å². The molecule has 0 saturated carbocycles. The zero-order valence-corrected chi connectivity index (χ0v) is 11.3. The molecule has 1 aromatic carbocycles. The molecule has 104 valence electrons. The van der Waals surface area contributed by atoms with Crippen LogP contribution in [0.3, 0.4) is 0 Å². The quantitative estimate of drug-likeness (QED) is 0.813. The number of nitrogens with one attached hydrogen (secondary N) is 1. The molecule has 1 fully saturated rings. The third-order valence-corrected chi connectivity index (χ3v) is 3.58. The van der Waals surface area contributed by atoms with Gasteiger partial charge in [-0.1, -0.05) is 24.3 Å². The Balaban J connectivity index is 2.22. The van der Waals surface area contributed by atoms with E-state index in [0.717, 1.165) is 31.5 Å². The highest BCUT2D eigenvalue weighted by atomic mass is 16.5. The van der Waals surface area contributed by atoms with Crippen molar-refractivity contribution in [3.8, 4) is 0 Å². The number of ether oxygens (including phenoxy) is 1. The molecule has 0 spiro atoms. The van der Waals surface area contributed by atoms with Crippen molar-refractivity contribution in [2.24, 2.45) is 0 Å². The summed E-state index contributed by atoms with van der Waals surface area (Å²) in [5, 5.41) is 13.5. The van der Waals surface area contributed by atoms with Gasteiger partial charge in [-0.05, 0) is 49.9 Å². The lowest BCUT2D eigenvalue weighted by Gasteiger charge is -2.26. The normalized spacial score (nSPS) is 18.0. The third-order valence-electron chi connectivity index (χ3n) is 3.58. The number of esters is 1. The standard InChI is InChI=1S/C15H21NO3/c1-2-19-15(18)14(17)13-6-4-3-5-12(13)11-7-9-16-10-8-11/h3-6,11,14,16-17H,2,7-10H2,1H3. The van der Waals surface area contributed by atoms with Gasteiger partial charge in [-0.25, -0.2) is 4.79 Å². The molecule has 2 N–H and O–H groups in total. The molecule has 1 heterocycles. The number of hydrogen-bond acceptors (Lipinski definition) is 4. The van der Waals surface area contributed by atoms with Gasteiger partial charge < -0.3 is 15.2 Å². The summed E-state index contributed by atoms with van der Waals surface area (Å²) in [5.41, 5.74) is 1.76. The van der Waals surface area contributed by atoms with Gasteiger partial charge >= 0.3 is 5.97 Å². The van der Waals surface area contributed by atoms with Crippen molar-refractivity contribution < 1.29 is 14.6 Å². The smallest absolute Gasteiger partial charge is 0.339 e. The van der Waals surface area contributed by atoms with Gasteiger partial charge in [-0.15, -0.1) is 0 Å². The summed E-state index contributed by atoms with van der Waals surface area (Å²) < 4.78 is 4.90. The molecule has 4 nitrogen and oxygen atoms in total. The molecule has 1 aliphatic heterocycles. The summed E-state index contributed by atoms with van der Waals surface area (Å²) >= 11 is 0. The highest BCUT2D eigenvalue weighted by molar-refractivity contribution is 5.76. The van der Waals surface area contributed by atoms with Gasteiger partial charge in [0.05, 0.1) is 6.61 Å². The molecule has 1 atom stereocenters. The summed E-state index contributed by atoms with van der Waals surface area (Å²) in [6, 6.07) is 7.63. The number of benzene rings is 1. The molecule has 0 aromatic heterocycles. The van der Waals surface area contributed by atoms with Gasteiger partial charge in [0.2, 0.25) is 0 Å². The van der Waals surface area contributed by atoms with Crippen LogP contribution in [0.25, 0.3) is 0 Å². The second kappa shape index (κ2) is 6.68. The van der Waals surface area contributed by atoms with E-state index in [1.807, 2.05) is 24.3 Å². The number of hydrogen-bond donors (Lipinski definition) is 2. The number of carbonyl (C=O) groups is 1. The van der Waals surface area contributed by atoms with Crippen LogP contribution in [0.2, 0.25) is 0 Å². The lowest BCUT2D eigenvalue weighted by atomic mass is 9.85. The van der Waals surface area contributed by atoms with E-state index < -0.39 is 12.1 Å². The monoisotopic (exact) mass is 263 g/mol. The summed E-state index contributed by atoms with van der Waals surface area (Å²) in [6.07, 6.45) is 0.894. The number of carbonyl (C=O) groups excluding carboxylic acids is 1. The SMILES string of the molecule is CCOC(=O)C(O)c1ccccc1C1CCNCC1.